The lowest BCUT2D eigenvalue weighted by atomic mass is 9.78. The van der Waals surface area contributed by atoms with Crippen molar-refractivity contribution >= 4 is 29.0 Å². The van der Waals surface area contributed by atoms with Gasteiger partial charge in [0, 0.05) is 17.9 Å². The number of fused-ring (bicyclic) bond motifs is 1. The molecule has 0 heterocycles. The minimum absolute atomic E-state index is 0.165. The van der Waals surface area contributed by atoms with E-state index in [0.29, 0.717) is 22.2 Å². The molecule has 3 rings (SSSR count). The number of ether oxygens (including phenoxy) is 1. The molecule has 0 N–H and O–H groups in total. The van der Waals surface area contributed by atoms with Crippen LogP contribution in [0.2, 0.25) is 10.0 Å². The molecular formula is C17H14Cl2O2. The lowest BCUT2D eigenvalue weighted by molar-refractivity contribution is 0.0969. The molecule has 0 aromatic heterocycles. The van der Waals surface area contributed by atoms with Gasteiger partial charge in [-0.15, -0.1) is 0 Å². The Morgan fingerprint density at radius 2 is 1.90 bits per heavy atom. The molecular weight excluding hydrogens is 307 g/mol. The molecule has 2 aromatic carbocycles. The summed E-state index contributed by atoms with van der Waals surface area (Å²) in [5.74, 6) is 1.04. The number of carbonyl (C=O) groups is 1. The number of halogens is 2. The first-order chi connectivity index (χ1) is 10.1. The van der Waals surface area contributed by atoms with E-state index in [4.69, 9.17) is 27.9 Å². The number of carbonyl (C=O) groups excluding carboxylic acids is 1. The minimum atomic E-state index is 0.165. The van der Waals surface area contributed by atoms with Crippen molar-refractivity contribution in [2.45, 2.75) is 18.8 Å². The molecule has 0 saturated heterocycles. The van der Waals surface area contributed by atoms with Gasteiger partial charge < -0.3 is 4.74 Å². The summed E-state index contributed by atoms with van der Waals surface area (Å²) in [6, 6.07) is 11.3. The molecule has 0 aliphatic heterocycles. The second-order valence-electron chi connectivity index (χ2n) is 5.14. The SMILES string of the molecule is COc1ccc2c(c1)C(=O)CC[C@H]2c1ccc(Cl)c(Cl)c1. The van der Waals surface area contributed by atoms with Crippen LogP contribution in [-0.4, -0.2) is 12.9 Å². The van der Waals surface area contributed by atoms with E-state index < -0.39 is 0 Å². The summed E-state index contributed by atoms with van der Waals surface area (Å²) in [7, 11) is 1.60. The highest BCUT2D eigenvalue weighted by atomic mass is 35.5. The van der Waals surface area contributed by atoms with Crippen LogP contribution in [0.5, 0.6) is 5.75 Å². The van der Waals surface area contributed by atoms with E-state index in [9.17, 15) is 4.79 Å². The molecule has 1 atom stereocenters. The molecule has 108 valence electrons. The standard InChI is InChI=1S/C17H14Cl2O2/c1-21-11-3-4-13-12(5-7-17(20)14(13)9-11)10-2-6-15(18)16(19)8-10/h2-4,6,8-9,12H,5,7H2,1H3/t12-/m0/s1. The van der Waals surface area contributed by atoms with E-state index in [0.717, 1.165) is 23.1 Å². The molecule has 1 aliphatic rings. The van der Waals surface area contributed by atoms with Crippen molar-refractivity contribution in [3.63, 3.8) is 0 Å². The van der Waals surface area contributed by atoms with Gasteiger partial charge in [0.25, 0.3) is 0 Å². The summed E-state index contributed by atoms with van der Waals surface area (Å²) in [6.45, 7) is 0. The average Bonchev–Trinajstić information content (AvgIpc) is 2.50. The molecule has 2 nitrogen and oxygen atoms in total. The predicted molar refractivity (Wildman–Crippen MR) is 84.9 cm³/mol. The zero-order valence-corrected chi connectivity index (χ0v) is 13.0. The van der Waals surface area contributed by atoms with E-state index in [2.05, 4.69) is 0 Å². The third kappa shape index (κ3) is 2.66. The molecule has 0 fully saturated rings. The van der Waals surface area contributed by atoms with E-state index in [1.54, 1.807) is 13.2 Å². The molecule has 0 spiro atoms. The summed E-state index contributed by atoms with van der Waals surface area (Å²) in [4.78, 5) is 12.1. The van der Waals surface area contributed by atoms with E-state index in [-0.39, 0.29) is 11.7 Å². The number of ketones is 1. The zero-order valence-electron chi connectivity index (χ0n) is 11.5. The molecule has 0 amide bonds. The topological polar surface area (TPSA) is 26.3 Å². The Kier molecular flexibility index (Phi) is 3.92. The van der Waals surface area contributed by atoms with Gasteiger partial charge in [-0.25, -0.2) is 0 Å². The van der Waals surface area contributed by atoms with Crippen LogP contribution in [0.25, 0.3) is 0 Å². The number of hydrogen-bond donors (Lipinski definition) is 0. The lowest BCUT2D eigenvalue weighted by Crippen LogP contribution is -2.16. The van der Waals surface area contributed by atoms with E-state index in [1.807, 2.05) is 30.3 Å². The number of rotatable bonds is 2. The van der Waals surface area contributed by atoms with Crippen LogP contribution >= 0.6 is 23.2 Å². The highest BCUT2D eigenvalue weighted by Crippen LogP contribution is 2.39. The van der Waals surface area contributed by atoms with E-state index in [1.165, 1.54) is 0 Å². The van der Waals surface area contributed by atoms with Crippen LogP contribution in [0.1, 0.15) is 40.2 Å². The Labute approximate surface area is 133 Å². The monoisotopic (exact) mass is 320 g/mol. The summed E-state index contributed by atoms with van der Waals surface area (Å²) >= 11 is 12.1. The Bertz CT molecular complexity index is 710. The van der Waals surface area contributed by atoms with Gasteiger partial charge in [-0.05, 0) is 41.8 Å². The van der Waals surface area contributed by atoms with Crippen molar-refractivity contribution in [1.29, 1.82) is 0 Å². The van der Waals surface area contributed by atoms with Crippen LogP contribution in [0.4, 0.5) is 0 Å². The molecule has 4 heteroatoms. The maximum absolute atomic E-state index is 12.1. The quantitative estimate of drug-likeness (QED) is 0.768. The van der Waals surface area contributed by atoms with Crippen molar-refractivity contribution in [3.05, 3.63) is 63.1 Å². The van der Waals surface area contributed by atoms with Crippen molar-refractivity contribution in [3.8, 4) is 5.75 Å². The smallest absolute Gasteiger partial charge is 0.163 e. The third-order valence-electron chi connectivity index (χ3n) is 3.94. The summed E-state index contributed by atoms with van der Waals surface area (Å²) in [6.07, 6.45) is 1.32. The fourth-order valence-electron chi connectivity index (χ4n) is 2.85. The molecule has 1 aliphatic carbocycles. The maximum Gasteiger partial charge on any atom is 0.163 e. The van der Waals surface area contributed by atoms with Crippen LogP contribution in [0.3, 0.4) is 0 Å². The molecule has 0 radical (unpaired) electrons. The average molecular weight is 321 g/mol. The van der Waals surface area contributed by atoms with Gasteiger partial charge in [-0.1, -0.05) is 35.3 Å². The summed E-state index contributed by atoms with van der Waals surface area (Å²) in [5, 5.41) is 1.09. The molecule has 2 aromatic rings. The van der Waals surface area contributed by atoms with Gasteiger partial charge >= 0.3 is 0 Å². The second kappa shape index (κ2) is 5.70. The Morgan fingerprint density at radius 3 is 2.62 bits per heavy atom. The molecule has 21 heavy (non-hydrogen) atoms. The maximum atomic E-state index is 12.1. The third-order valence-corrected chi connectivity index (χ3v) is 4.68. The Morgan fingerprint density at radius 1 is 1.10 bits per heavy atom. The first-order valence-electron chi connectivity index (χ1n) is 6.76. The zero-order chi connectivity index (χ0) is 15.0. The van der Waals surface area contributed by atoms with Crippen LogP contribution in [0, 0.1) is 0 Å². The number of hydrogen-bond acceptors (Lipinski definition) is 2. The Balaban J connectivity index is 2.08. The van der Waals surface area contributed by atoms with Gasteiger partial charge in [0.15, 0.2) is 5.78 Å². The van der Waals surface area contributed by atoms with Crippen LogP contribution in [0.15, 0.2) is 36.4 Å². The highest BCUT2D eigenvalue weighted by Gasteiger charge is 2.27. The van der Waals surface area contributed by atoms with Crippen molar-refractivity contribution in [1.82, 2.24) is 0 Å². The first kappa shape index (κ1) is 14.4. The normalized spacial score (nSPS) is 17.5. The van der Waals surface area contributed by atoms with Crippen molar-refractivity contribution < 1.29 is 9.53 Å². The fourth-order valence-corrected chi connectivity index (χ4v) is 3.16. The number of Topliss-reactive ketones (excluding diaryl/α,β-unsaturated/α-hetero) is 1. The van der Waals surface area contributed by atoms with Crippen LogP contribution in [-0.2, 0) is 0 Å². The van der Waals surface area contributed by atoms with E-state index >= 15 is 0 Å². The Hall–Kier alpha value is -1.51. The van der Waals surface area contributed by atoms with Gasteiger partial charge in [-0.3, -0.25) is 4.79 Å². The lowest BCUT2D eigenvalue weighted by Gasteiger charge is -2.25. The van der Waals surface area contributed by atoms with Gasteiger partial charge in [0.1, 0.15) is 5.75 Å². The van der Waals surface area contributed by atoms with Crippen molar-refractivity contribution in [2.75, 3.05) is 7.11 Å². The summed E-state index contributed by atoms with van der Waals surface area (Å²) < 4.78 is 5.21. The first-order valence-corrected chi connectivity index (χ1v) is 7.52. The number of methoxy groups -OCH3 is 1. The highest BCUT2D eigenvalue weighted by molar-refractivity contribution is 6.42. The summed E-state index contributed by atoms with van der Waals surface area (Å²) in [5.41, 5.74) is 2.87. The molecule has 0 unspecified atom stereocenters. The fraction of sp³-hybridized carbons (Fsp3) is 0.235. The molecule has 0 saturated carbocycles. The van der Waals surface area contributed by atoms with Gasteiger partial charge in [0.05, 0.1) is 17.2 Å². The minimum Gasteiger partial charge on any atom is -0.497 e. The van der Waals surface area contributed by atoms with Crippen LogP contribution < -0.4 is 4.74 Å². The second-order valence-corrected chi connectivity index (χ2v) is 5.96. The van der Waals surface area contributed by atoms with Crippen molar-refractivity contribution in [2.24, 2.45) is 0 Å². The molecule has 0 bridgehead atoms. The van der Waals surface area contributed by atoms with Gasteiger partial charge in [-0.2, -0.15) is 0 Å². The van der Waals surface area contributed by atoms with Gasteiger partial charge in [0.2, 0.25) is 0 Å². The largest absolute Gasteiger partial charge is 0.497 e. The number of benzene rings is 2. The predicted octanol–water partition coefficient (Wildman–Crippen LogP) is 5.11.